The standard InChI is InChI=1S/C20H32N4O2S/c1-21-19(24-10-13-27-20(16-24)8-4-3-5-9-20)23-15-17-6-7-18(22-14-17)26-12-11-25-2/h6-7,14H,3-5,8-13,15-16H2,1-2H3,(H,21,23). The largest absolute Gasteiger partial charge is 0.475 e. The maximum Gasteiger partial charge on any atom is 0.213 e. The fourth-order valence-electron chi connectivity index (χ4n) is 3.87. The molecule has 150 valence electrons. The summed E-state index contributed by atoms with van der Waals surface area (Å²) in [7, 11) is 3.54. The van der Waals surface area contributed by atoms with Crippen molar-refractivity contribution in [1.82, 2.24) is 15.2 Å². The van der Waals surface area contributed by atoms with E-state index in [9.17, 15) is 0 Å². The molecule has 1 saturated heterocycles. The number of aliphatic imine (C=N–C) groups is 1. The minimum atomic E-state index is 0.441. The van der Waals surface area contributed by atoms with Crippen LogP contribution in [0, 0.1) is 0 Å². The first kappa shape index (κ1) is 20.3. The molecule has 0 atom stereocenters. The molecule has 3 rings (SSSR count). The van der Waals surface area contributed by atoms with Gasteiger partial charge in [-0.2, -0.15) is 11.8 Å². The van der Waals surface area contributed by atoms with Gasteiger partial charge in [-0.3, -0.25) is 4.99 Å². The number of pyridine rings is 1. The zero-order valence-corrected chi connectivity index (χ0v) is 17.4. The topological polar surface area (TPSA) is 59.0 Å². The van der Waals surface area contributed by atoms with Crippen LogP contribution in [-0.4, -0.2) is 66.8 Å². The van der Waals surface area contributed by atoms with Crippen LogP contribution in [0.1, 0.15) is 37.7 Å². The lowest BCUT2D eigenvalue weighted by Gasteiger charge is -2.45. The number of hydrogen-bond donors (Lipinski definition) is 1. The van der Waals surface area contributed by atoms with Gasteiger partial charge in [-0.1, -0.05) is 25.3 Å². The number of hydrogen-bond acceptors (Lipinski definition) is 5. The van der Waals surface area contributed by atoms with Gasteiger partial charge in [0.2, 0.25) is 5.88 Å². The number of nitrogens with zero attached hydrogens (tertiary/aromatic N) is 3. The van der Waals surface area contributed by atoms with Crippen molar-refractivity contribution < 1.29 is 9.47 Å². The number of methoxy groups -OCH3 is 1. The van der Waals surface area contributed by atoms with Crippen molar-refractivity contribution in [3.63, 3.8) is 0 Å². The summed E-state index contributed by atoms with van der Waals surface area (Å²) in [6, 6.07) is 3.95. The van der Waals surface area contributed by atoms with Gasteiger partial charge in [0.25, 0.3) is 0 Å². The number of thioether (sulfide) groups is 1. The van der Waals surface area contributed by atoms with Crippen molar-refractivity contribution in [1.29, 1.82) is 0 Å². The molecule has 2 aliphatic rings. The number of rotatable bonds is 6. The quantitative estimate of drug-likeness (QED) is 0.456. The fraction of sp³-hybridized carbons (Fsp3) is 0.700. The highest BCUT2D eigenvalue weighted by Crippen LogP contribution is 2.42. The molecule has 0 aromatic carbocycles. The van der Waals surface area contributed by atoms with E-state index >= 15 is 0 Å². The van der Waals surface area contributed by atoms with Gasteiger partial charge in [-0.15, -0.1) is 0 Å². The SMILES string of the molecule is CN=C(NCc1ccc(OCCOC)nc1)N1CCSC2(CCCCC2)C1. The Morgan fingerprint density at radius 3 is 2.85 bits per heavy atom. The second kappa shape index (κ2) is 10.2. The van der Waals surface area contributed by atoms with E-state index in [-0.39, 0.29) is 0 Å². The molecule has 2 fully saturated rings. The predicted octanol–water partition coefficient (Wildman–Crippen LogP) is 2.93. The van der Waals surface area contributed by atoms with Crippen LogP contribution in [0.4, 0.5) is 0 Å². The molecule has 1 aromatic heterocycles. The van der Waals surface area contributed by atoms with Gasteiger partial charge in [0.1, 0.15) is 6.61 Å². The van der Waals surface area contributed by atoms with Crippen molar-refractivity contribution in [2.45, 2.75) is 43.4 Å². The first-order chi connectivity index (χ1) is 13.2. The van der Waals surface area contributed by atoms with Gasteiger partial charge in [-0.25, -0.2) is 4.98 Å². The molecule has 0 amide bonds. The summed E-state index contributed by atoms with van der Waals surface area (Å²) in [5.74, 6) is 2.82. The Hall–Kier alpha value is -1.47. The van der Waals surface area contributed by atoms with E-state index in [0.29, 0.717) is 30.4 Å². The molecule has 0 bridgehead atoms. The van der Waals surface area contributed by atoms with Gasteiger partial charge < -0.3 is 19.7 Å². The van der Waals surface area contributed by atoms with E-state index in [0.717, 1.165) is 24.6 Å². The van der Waals surface area contributed by atoms with E-state index in [2.05, 4.69) is 32.0 Å². The van der Waals surface area contributed by atoms with Gasteiger partial charge in [0.05, 0.1) is 6.61 Å². The molecular formula is C20H32N4O2S. The minimum absolute atomic E-state index is 0.441. The average molecular weight is 393 g/mol. The predicted molar refractivity (Wildman–Crippen MR) is 112 cm³/mol. The third-order valence-electron chi connectivity index (χ3n) is 5.31. The normalized spacial score (nSPS) is 19.9. The zero-order valence-electron chi connectivity index (χ0n) is 16.6. The van der Waals surface area contributed by atoms with Crippen LogP contribution in [0.3, 0.4) is 0 Å². The molecule has 6 nitrogen and oxygen atoms in total. The number of aromatic nitrogens is 1. The molecule has 1 aromatic rings. The van der Waals surface area contributed by atoms with Crippen LogP contribution in [0.5, 0.6) is 5.88 Å². The molecule has 1 aliphatic heterocycles. The molecule has 1 N–H and O–H groups in total. The molecule has 7 heteroatoms. The van der Waals surface area contributed by atoms with Crippen LogP contribution in [0.2, 0.25) is 0 Å². The highest BCUT2D eigenvalue weighted by Gasteiger charge is 2.38. The first-order valence-electron chi connectivity index (χ1n) is 9.91. The zero-order chi connectivity index (χ0) is 19.0. The first-order valence-corrected chi connectivity index (χ1v) is 10.9. The molecule has 1 spiro atoms. The Kier molecular flexibility index (Phi) is 7.64. The van der Waals surface area contributed by atoms with Crippen molar-refractivity contribution in [2.24, 2.45) is 4.99 Å². The average Bonchev–Trinajstić information content (AvgIpc) is 2.70. The second-order valence-corrected chi connectivity index (χ2v) is 8.82. The summed E-state index contributed by atoms with van der Waals surface area (Å²) in [6.07, 6.45) is 8.69. The third kappa shape index (κ3) is 5.75. The highest BCUT2D eigenvalue weighted by atomic mass is 32.2. The van der Waals surface area contributed by atoms with E-state index < -0.39 is 0 Å². The summed E-state index contributed by atoms with van der Waals surface area (Å²) in [6.45, 7) is 3.98. The van der Waals surface area contributed by atoms with E-state index in [1.165, 1.54) is 37.9 Å². The summed E-state index contributed by atoms with van der Waals surface area (Å²) in [4.78, 5) is 11.3. The Morgan fingerprint density at radius 2 is 2.15 bits per heavy atom. The number of guanidine groups is 1. The molecule has 27 heavy (non-hydrogen) atoms. The summed E-state index contributed by atoms with van der Waals surface area (Å²) in [5, 5.41) is 3.52. The van der Waals surface area contributed by atoms with Gasteiger partial charge in [-0.05, 0) is 18.4 Å². The number of nitrogens with one attached hydrogen (secondary N) is 1. The maximum absolute atomic E-state index is 5.52. The minimum Gasteiger partial charge on any atom is -0.475 e. The molecule has 2 heterocycles. The Bertz CT molecular complexity index is 597. The lowest BCUT2D eigenvalue weighted by molar-refractivity contribution is 0.143. The smallest absolute Gasteiger partial charge is 0.213 e. The van der Waals surface area contributed by atoms with Crippen LogP contribution in [-0.2, 0) is 11.3 Å². The molecule has 1 saturated carbocycles. The van der Waals surface area contributed by atoms with Gasteiger partial charge in [0.15, 0.2) is 5.96 Å². The molecule has 0 radical (unpaired) electrons. The lowest BCUT2D eigenvalue weighted by atomic mass is 9.87. The van der Waals surface area contributed by atoms with Crippen LogP contribution >= 0.6 is 11.8 Å². The monoisotopic (exact) mass is 392 g/mol. The second-order valence-electron chi connectivity index (χ2n) is 7.26. The van der Waals surface area contributed by atoms with Crippen LogP contribution in [0.15, 0.2) is 23.3 Å². The molecule has 1 aliphatic carbocycles. The third-order valence-corrected chi connectivity index (χ3v) is 6.85. The van der Waals surface area contributed by atoms with Crippen molar-refractivity contribution in [2.75, 3.05) is 46.2 Å². The van der Waals surface area contributed by atoms with Gasteiger partial charge >= 0.3 is 0 Å². The summed E-state index contributed by atoms with van der Waals surface area (Å²) >= 11 is 2.18. The Balaban J connectivity index is 1.51. The number of ether oxygens (including phenoxy) is 2. The highest BCUT2D eigenvalue weighted by molar-refractivity contribution is 8.00. The van der Waals surface area contributed by atoms with Crippen molar-refractivity contribution in [3.05, 3.63) is 23.9 Å². The Labute approximate surface area is 167 Å². The van der Waals surface area contributed by atoms with Crippen molar-refractivity contribution >= 4 is 17.7 Å². The fourth-order valence-corrected chi connectivity index (χ4v) is 5.44. The molecule has 0 unspecified atom stereocenters. The lowest BCUT2D eigenvalue weighted by Crippen LogP contribution is -2.53. The van der Waals surface area contributed by atoms with E-state index in [1.807, 2.05) is 25.4 Å². The maximum atomic E-state index is 5.52. The van der Waals surface area contributed by atoms with E-state index in [4.69, 9.17) is 9.47 Å². The van der Waals surface area contributed by atoms with Crippen molar-refractivity contribution in [3.8, 4) is 5.88 Å². The van der Waals surface area contributed by atoms with Gasteiger partial charge in [0, 0.05) is 56.6 Å². The Morgan fingerprint density at radius 1 is 1.30 bits per heavy atom. The van der Waals surface area contributed by atoms with Crippen LogP contribution in [0.25, 0.3) is 0 Å². The summed E-state index contributed by atoms with van der Waals surface area (Å²) < 4.78 is 10.9. The van der Waals surface area contributed by atoms with Crippen LogP contribution < -0.4 is 10.1 Å². The van der Waals surface area contributed by atoms with E-state index in [1.54, 1.807) is 7.11 Å². The summed E-state index contributed by atoms with van der Waals surface area (Å²) in [5.41, 5.74) is 1.12. The molecular weight excluding hydrogens is 360 g/mol.